The van der Waals surface area contributed by atoms with Gasteiger partial charge in [-0.2, -0.15) is 0 Å². The van der Waals surface area contributed by atoms with Gasteiger partial charge in [-0.3, -0.25) is 4.79 Å². The smallest absolute Gasteiger partial charge is 0.224 e. The molecule has 172 valence electrons. The van der Waals surface area contributed by atoms with Gasteiger partial charge in [-0.1, -0.05) is 41.4 Å². The van der Waals surface area contributed by atoms with Crippen LogP contribution in [0.1, 0.15) is 36.8 Å². The molecule has 0 aromatic heterocycles. The normalized spacial score (nSPS) is 28.2. The Morgan fingerprint density at radius 1 is 1.22 bits per heavy atom. The van der Waals surface area contributed by atoms with Crippen LogP contribution in [0, 0.1) is 0 Å². The topological polar surface area (TPSA) is 61.8 Å². The summed E-state index contributed by atoms with van der Waals surface area (Å²) in [4.78, 5) is 15.2. The van der Waals surface area contributed by atoms with Crippen molar-refractivity contribution in [2.45, 2.75) is 49.2 Å². The van der Waals surface area contributed by atoms with Crippen molar-refractivity contribution in [2.24, 2.45) is 0 Å². The Kier molecular flexibility index (Phi) is 6.73. The number of ether oxygens (including phenoxy) is 1. The number of likely N-dealkylation sites (tertiary alicyclic amines) is 1. The van der Waals surface area contributed by atoms with Gasteiger partial charge in [-0.15, -0.1) is 0 Å². The Morgan fingerprint density at radius 3 is 2.75 bits per heavy atom. The predicted octanol–water partition coefficient (Wildman–Crippen LogP) is 4.57. The molecule has 3 atom stereocenters. The molecular weight excluding hydrogens is 447 g/mol. The fourth-order valence-corrected chi connectivity index (χ4v) is 6.06. The SMILES string of the molecule is COC12CC[C@@H](NC(=O)Cc3ccc(Cl)c(Cl)c3)CC1(c1cccc(O)c1)CCN(C)C2. The molecule has 5 nitrogen and oxygen atoms in total. The molecule has 0 spiro atoms. The second kappa shape index (κ2) is 9.22. The summed E-state index contributed by atoms with van der Waals surface area (Å²) in [6, 6.07) is 12.8. The molecule has 2 aromatic rings. The molecular formula is C25H30Cl2N2O3. The number of carbonyl (C=O) groups is 1. The number of methoxy groups -OCH3 is 1. The minimum atomic E-state index is -0.362. The number of piperidine rings is 1. The fraction of sp³-hybridized carbons (Fsp3) is 0.480. The predicted molar refractivity (Wildman–Crippen MR) is 128 cm³/mol. The second-order valence-corrected chi connectivity index (χ2v) is 10.1. The Bertz CT molecular complexity index is 1000. The van der Waals surface area contributed by atoms with Gasteiger partial charge in [-0.05, 0) is 74.7 Å². The van der Waals surface area contributed by atoms with Crippen LogP contribution in [0.5, 0.6) is 5.75 Å². The third-order valence-electron chi connectivity index (χ3n) is 7.31. The second-order valence-electron chi connectivity index (χ2n) is 9.25. The number of phenols is 1. The molecule has 7 heteroatoms. The Labute approximate surface area is 199 Å². The van der Waals surface area contributed by atoms with Crippen LogP contribution in [0.3, 0.4) is 0 Å². The number of aromatic hydroxyl groups is 1. The first kappa shape index (κ1) is 23.4. The minimum Gasteiger partial charge on any atom is -0.508 e. The van der Waals surface area contributed by atoms with Crippen molar-refractivity contribution in [3.05, 3.63) is 63.6 Å². The zero-order valence-electron chi connectivity index (χ0n) is 18.5. The first-order chi connectivity index (χ1) is 15.3. The van der Waals surface area contributed by atoms with Crippen LogP contribution in [0.15, 0.2) is 42.5 Å². The van der Waals surface area contributed by atoms with E-state index in [0.717, 1.165) is 49.9 Å². The average Bonchev–Trinajstić information content (AvgIpc) is 2.76. The maximum atomic E-state index is 12.9. The average molecular weight is 477 g/mol. The standard InChI is InChI=1S/C25H30Cl2N2O3/c1-29-11-10-24(18-4-3-5-20(30)14-18)15-19(8-9-25(24,16-29)32-2)28-23(31)13-17-6-7-21(26)22(27)12-17/h3-7,12,14,19,30H,8-11,13,15-16H2,1-2H3,(H,28,31)/t19-,24?,25?/m1/s1. The van der Waals surface area contributed by atoms with E-state index in [2.05, 4.69) is 23.3 Å². The van der Waals surface area contributed by atoms with Crippen molar-refractivity contribution in [3.8, 4) is 5.75 Å². The lowest BCUT2D eigenvalue weighted by Crippen LogP contribution is -2.67. The first-order valence-electron chi connectivity index (χ1n) is 11.0. The molecule has 0 radical (unpaired) electrons. The maximum absolute atomic E-state index is 12.9. The van der Waals surface area contributed by atoms with E-state index in [9.17, 15) is 9.90 Å². The summed E-state index contributed by atoms with van der Waals surface area (Å²) >= 11 is 12.1. The van der Waals surface area contributed by atoms with Gasteiger partial charge < -0.3 is 20.1 Å². The third-order valence-corrected chi connectivity index (χ3v) is 8.05. The van der Waals surface area contributed by atoms with Crippen LogP contribution in [-0.4, -0.2) is 54.8 Å². The van der Waals surface area contributed by atoms with Crippen LogP contribution in [0.4, 0.5) is 0 Å². The van der Waals surface area contributed by atoms with Crippen molar-refractivity contribution in [1.29, 1.82) is 0 Å². The lowest BCUT2D eigenvalue weighted by atomic mass is 9.55. The van der Waals surface area contributed by atoms with Gasteiger partial charge in [0.05, 0.1) is 22.1 Å². The van der Waals surface area contributed by atoms with Crippen LogP contribution in [0.2, 0.25) is 10.0 Å². The molecule has 2 fully saturated rings. The van der Waals surface area contributed by atoms with Crippen molar-refractivity contribution in [3.63, 3.8) is 0 Å². The summed E-state index contributed by atoms with van der Waals surface area (Å²) in [5.41, 5.74) is 1.27. The van der Waals surface area contributed by atoms with E-state index >= 15 is 0 Å². The number of phenolic OH excluding ortho intramolecular Hbond substituents is 1. The van der Waals surface area contributed by atoms with Crippen molar-refractivity contribution in [1.82, 2.24) is 10.2 Å². The number of likely N-dealkylation sites (N-methyl/N-ethyl adjacent to an activating group) is 1. The number of halogens is 2. The monoisotopic (exact) mass is 476 g/mol. The third kappa shape index (κ3) is 4.36. The summed E-state index contributed by atoms with van der Waals surface area (Å²) in [5.74, 6) is 0.226. The molecule has 4 rings (SSSR count). The van der Waals surface area contributed by atoms with Gasteiger partial charge in [0, 0.05) is 25.1 Å². The minimum absolute atomic E-state index is 0.0271. The highest BCUT2D eigenvalue weighted by Gasteiger charge is 2.58. The molecule has 1 saturated heterocycles. The van der Waals surface area contributed by atoms with Gasteiger partial charge in [-0.25, -0.2) is 0 Å². The van der Waals surface area contributed by atoms with Crippen LogP contribution >= 0.6 is 23.2 Å². The molecule has 1 aliphatic heterocycles. The highest BCUT2D eigenvalue weighted by molar-refractivity contribution is 6.42. The number of hydrogen-bond donors (Lipinski definition) is 2. The number of nitrogens with zero attached hydrogens (tertiary/aromatic N) is 1. The lowest BCUT2D eigenvalue weighted by molar-refractivity contribution is -0.147. The summed E-state index contributed by atoms with van der Waals surface area (Å²) in [6.45, 7) is 1.76. The quantitative estimate of drug-likeness (QED) is 0.663. The number of nitrogens with one attached hydrogen (secondary N) is 1. The molecule has 1 amide bonds. The zero-order chi connectivity index (χ0) is 22.9. The zero-order valence-corrected chi connectivity index (χ0v) is 20.0. The number of amides is 1. The number of hydrogen-bond acceptors (Lipinski definition) is 4. The van der Waals surface area contributed by atoms with Crippen LogP contribution in [-0.2, 0) is 21.4 Å². The van der Waals surface area contributed by atoms with Gasteiger partial charge in [0.25, 0.3) is 0 Å². The Balaban J connectivity index is 1.58. The number of rotatable bonds is 5. The van der Waals surface area contributed by atoms with E-state index in [1.54, 1.807) is 25.3 Å². The highest BCUT2D eigenvalue weighted by atomic mass is 35.5. The van der Waals surface area contributed by atoms with E-state index in [1.165, 1.54) is 0 Å². The summed E-state index contributed by atoms with van der Waals surface area (Å²) in [5, 5.41) is 14.4. The molecule has 2 unspecified atom stereocenters. The van der Waals surface area contributed by atoms with Crippen LogP contribution in [0.25, 0.3) is 0 Å². The number of carbonyl (C=O) groups excluding carboxylic acids is 1. The molecule has 0 bridgehead atoms. The van der Waals surface area contributed by atoms with Gasteiger partial charge in [0.15, 0.2) is 0 Å². The molecule has 32 heavy (non-hydrogen) atoms. The molecule has 2 aliphatic rings. The van der Waals surface area contributed by atoms with E-state index in [1.807, 2.05) is 18.2 Å². The largest absolute Gasteiger partial charge is 0.508 e. The summed E-state index contributed by atoms with van der Waals surface area (Å²) in [7, 11) is 3.91. The van der Waals surface area contributed by atoms with E-state index in [0.29, 0.717) is 10.0 Å². The first-order valence-corrected chi connectivity index (χ1v) is 11.8. The highest BCUT2D eigenvalue weighted by Crippen LogP contribution is 2.53. The van der Waals surface area contributed by atoms with Crippen molar-refractivity contribution < 1.29 is 14.6 Å². The van der Waals surface area contributed by atoms with Gasteiger partial charge >= 0.3 is 0 Å². The number of benzene rings is 2. The Morgan fingerprint density at radius 2 is 2.03 bits per heavy atom. The van der Waals surface area contributed by atoms with E-state index in [-0.39, 0.29) is 35.1 Å². The summed E-state index contributed by atoms with van der Waals surface area (Å²) in [6.07, 6.45) is 3.60. The van der Waals surface area contributed by atoms with Crippen molar-refractivity contribution in [2.75, 3.05) is 27.2 Å². The number of fused-ring (bicyclic) bond motifs is 1. The maximum Gasteiger partial charge on any atom is 0.224 e. The molecule has 1 heterocycles. The van der Waals surface area contributed by atoms with E-state index in [4.69, 9.17) is 27.9 Å². The van der Waals surface area contributed by atoms with Crippen LogP contribution < -0.4 is 5.32 Å². The molecule has 2 aromatic carbocycles. The van der Waals surface area contributed by atoms with Crippen molar-refractivity contribution >= 4 is 29.1 Å². The van der Waals surface area contributed by atoms with E-state index < -0.39 is 0 Å². The van der Waals surface area contributed by atoms with Gasteiger partial charge in [0.1, 0.15) is 5.75 Å². The van der Waals surface area contributed by atoms with Gasteiger partial charge in [0.2, 0.25) is 5.91 Å². The fourth-order valence-electron chi connectivity index (χ4n) is 5.74. The lowest BCUT2D eigenvalue weighted by Gasteiger charge is -2.59. The molecule has 1 aliphatic carbocycles. The molecule has 2 N–H and O–H groups in total. The molecule has 1 saturated carbocycles. The summed E-state index contributed by atoms with van der Waals surface area (Å²) < 4.78 is 6.26. The Hall–Kier alpha value is -1.79.